The highest BCUT2D eigenvalue weighted by atomic mass is 35.5. The SMILES string of the molecule is Cc1cc2ccc(C(C)C)cc2[s+]1C(F)(F)F.[Cl-]. The van der Waals surface area contributed by atoms with Gasteiger partial charge in [-0.25, -0.2) is 0 Å². The second-order valence-corrected chi connectivity index (χ2v) is 6.62. The van der Waals surface area contributed by atoms with Crippen LogP contribution in [0.4, 0.5) is 13.2 Å². The first-order valence-electron chi connectivity index (χ1n) is 5.44. The van der Waals surface area contributed by atoms with Gasteiger partial charge in [-0.05, 0) is 17.5 Å². The Hall–Kier alpha value is -0.740. The standard InChI is InChI=1S/C13H14F3S.ClH/c1-8(2)10-4-5-11-6-9(3)17(12(11)7-10)13(14,15)16;/h4-8H,1-3H3;1H/q+1;/p-1. The van der Waals surface area contributed by atoms with Gasteiger partial charge in [0.2, 0.25) is 0 Å². The van der Waals surface area contributed by atoms with E-state index in [0.717, 1.165) is 5.56 Å². The van der Waals surface area contributed by atoms with Crippen molar-refractivity contribution in [3.63, 3.8) is 0 Å². The first-order valence-corrected chi connectivity index (χ1v) is 6.66. The van der Waals surface area contributed by atoms with Gasteiger partial charge in [0.05, 0.1) is 10.5 Å². The summed E-state index contributed by atoms with van der Waals surface area (Å²) in [5.74, 6) is 0.250. The highest BCUT2D eigenvalue weighted by molar-refractivity contribution is 7.38. The van der Waals surface area contributed by atoms with Crippen LogP contribution in [0.25, 0.3) is 10.1 Å². The summed E-state index contributed by atoms with van der Waals surface area (Å²) in [6.07, 6.45) is 0. The largest absolute Gasteiger partial charge is 1.00 e. The smallest absolute Gasteiger partial charge is 0.600 e. The van der Waals surface area contributed by atoms with Crippen LogP contribution in [0.5, 0.6) is 0 Å². The predicted molar refractivity (Wildman–Crippen MR) is 66.6 cm³/mol. The van der Waals surface area contributed by atoms with Crippen molar-refractivity contribution < 1.29 is 25.6 Å². The van der Waals surface area contributed by atoms with Crippen LogP contribution in [0.15, 0.2) is 24.3 Å². The molecule has 1 aromatic carbocycles. The van der Waals surface area contributed by atoms with Gasteiger partial charge in [-0.3, -0.25) is 0 Å². The highest BCUT2D eigenvalue weighted by Crippen LogP contribution is 2.50. The number of halogens is 4. The third kappa shape index (κ3) is 2.64. The van der Waals surface area contributed by atoms with E-state index in [4.69, 9.17) is 0 Å². The van der Waals surface area contributed by atoms with Crippen LogP contribution in [-0.2, 0) is 5.51 Å². The van der Waals surface area contributed by atoms with E-state index in [0.29, 0.717) is 15.0 Å². The number of rotatable bonds is 1. The van der Waals surface area contributed by atoms with Crippen molar-refractivity contribution in [3.05, 3.63) is 34.7 Å². The summed E-state index contributed by atoms with van der Waals surface area (Å²) in [5, 5.41) is 0.715. The highest BCUT2D eigenvalue weighted by Gasteiger charge is 2.46. The summed E-state index contributed by atoms with van der Waals surface area (Å²) in [6, 6.07) is 7.07. The molecule has 1 aromatic heterocycles. The Balaban J connectivity index is 0.00000162. The van der Waals surface area contributed by atoms with Gasteiger partial charge in [-0.15, -0.1) is 13.2 Å². The summed E-state index contributed by atoms with van der Waals surface area (Å²) < 4.78 is 39.4. The Kier molecular flexibility index (Phi) is 4.34. The minimum atomic E-state index is -4.17. The minimum Gasteiger partial charge on any atom is -1.00 e. The molecule has 5 heteroatoms. The second kappa shape index (κ2) is 5.10. The molecule has 2 aromatic rings. The molecule has 0 radical (unpaired) electrons. The van der Waals surface area contributed by atoms with Crippen LogP contribution in [0.3, 0.4) is 0 Å². The van der Waals surface area contributed by atoms with E-state index in [1.165, 1.54) is 0 Å². The molecule has 0 bridgehead atoms. The van der Waals surface area contributed by atoms with Crippen molar-refractivity contribution in [2.75, 3.05) is 0 Å². The van der Waals surface area contributed by atoms with Gasteiger partial charge in [0.15, 0.2) is 9.58 Å². The molecule has 0 saturated carbocycles. The van der Waals surface area contributed by atoms with Gasteiger partial charge in [0.25, 0.3) is 0 Å². The molecule has 0 spiro atoms. The van der Waals surface area contributed by atoms with Crippen LogP contribution in [0, 0.1) is 6.92 Å². The van der Waals surface area contributed by atoms with Crippen molar-refractivity contribution in [2.45, 2.75) is 32.2 Å². The van der Waals surface area contributed by atoms with Gasteiger partial charge in [-0.2, -0.15) is 0 Å². The third-order valence-corrected chi connectivity index (χ3v) is 4.85. The molecule has 0 aliphatic carbocycles. The Morgan fingerprint density at radius 3 is 2.22 bits per heavy atom. The van der Waals surface area contributed by atoms with Gasteiger partial charge >= 0.3 is 5.51 Å². The summed E-state index contributed by atoms with van der Waals surface area (Å²) in [6.45, 7) is 5.54. The number of thiophene rings is 1. The molecule has 0 aliphatic rings. The predicted octanol–water partition coefficient (Wildman–Crippen LogP) is 2.50. The Morgan fingerprint density at radius 2 is 1.72 bits per heavy atom. The number of hydrogen-bond acceptors (Lipinski definition) is 0. The van der Waals surface area contributed by atoms with E-state index in [9.17, 15) is 13.2 Å². The number of fused-ring (bicyclic) bond motifs is 1. The van der Waals surface area contributed by atoms with E-state index in [1.54, 1.807) is 25.1 Å². The van der Waals surface area contributed by atoms with Crippen LogP contribution in [-0.4, -0.2) is 0 Å². The molecular weight excluding hydrogens is 281 g/mol. The molecule has 0 nitrogen and oxygen atoms in total. The second-order valence-electron chi connectivity index (χ2n) is 4.46. The fourth-order valence-electron chi connectivity index (χ4n) is 1.96. The maximum Gasteiger partial charge on any atom is 0.600 e. The number of alkyl halides is 3. The summed E-state index contributed by atoms with van der Waals surface area (Å²) in [4.78, 5) is 0.411. The summed E-state index contributed by atoms with van der Waals surface area (Å²) in [5.41, 5.74) is -3.20. The number of hydrogen-bond donors (Lipinski definition) is 0. The lowest BCUT2D eigenvalue weighted by Gasteiger charge is -2.04. The molecule has 1 heterocycles. The molecule has 0 saturated heterocycles. The topological polar surface area (TPSA) is 0 Å². The molecular formula is C13H14ClF3S. The van der Waals surface area contributed by atoms with E-state index in [-0.39, 0.29) is 18.3 Å². The molecule has 1 unspecified atom stereocenters. The molecule has 0 aliphatic heterocycles. The van der Waals surface area contributed by atoms with Crippen molar-refractivity contribution in [1.29, 1.82) is 0 Å². The van der Waals surface area contributed by atoms with Gasteiger partial charge < -0.3 is 12.4 Å². The van der Waals surface area contributed by atoms with Gasteiger partial charge in [-0.1, -0.05) is 19.9 Å². The average Bonchev–Trinajstić information content (AvgIpc) is 2.51. The average molecular weight is 295 g/mol. The Labute approximate surface area is 113 Å². The van der Waals surface area contributed by atoms with Crippen molar-refractivity contribution in [3.8, 4) is 0 Å². The van der Waals surface area contributed by atoms with Crippen LogP contribution in [0.1, 0.15) is 30.2 Å². The maximum absolute atomic E-state index is 13.0. The quantitative estimate of drug-likeness (QED) is 0.709. The van der Waals surface area contributed by atoms with Crippen molar-refractivity contribution in [1.82, 2.24) is 0 Å². The molecule has 2 rings (SSSR count). The lowest BCUT2D eigenvalue weighted by Crippen LogP contribution is -3.00. The van der Waals surface area contributed by atoms with E-state index < -0.39 is 16.0 Å². The zero-order chi connectivity index (χ0) is 12.8. The zero-order valence-electron chi connectivity index (χ0n) is 10.3. The summed E-state index contributed by atoms with van der Waals surface area (Å²) in [7, 11) is -1.73. The lowest BCUT2D eigenvalue weighted by atomic mass is 10.0. The monoisotopic (exact) mass is 294 g/mol. The molecule has 0 fully saturated rings. The molecule has 18 heavy (non-hydrogen) atoms. The van der Waals surface area contributed by atoms with Gasteiger partial charge in [0.1, 0.15) is 0 Å². The zero-order valence-corrected chi connectivity index (χ0v) is 11.9. The van der Waals surface area contributed by atoms with E-state index in [1.807, 2.05) is 19.9 Å². The number of benzene rings is 1. The fourth-order valence-corrected chi connectivity index (χ4v) is 3.79. The molecule has 100 valence electrons. The first-order chi connectivity index (χ1) is 7.80. The molecule has 0 amide bonds. The number of aryl methyl sites for hydroxylation is 1. The lowest BCUT2D eigenvalue weighted by molar-refractivity contribution is -0.0867. The normalized spacial score (nSPS) is 12.9. The van der Waals surface area contributed by atoms with Gasteiger partial charge in [0, 0.05) is 24.4 Å². The van der Waals surface area contributed by atoms with Crippen LogP contribution < -0.4 is 12.4 Å². The minimum absolute atomic E-state index is 0. The third-order valence-electron chi connectivity index (χ3n) is 2.84. The van der Waals surface area contributed by atoms with Crippen molar-refractivity contribution >= 4 is 20.6 Å². The van der Waals surface area contributed by atoms with Crippen molar-refractivity contribution in [2.24, 2.45) is 0 Å². The fraction of sp³-hybridized carbons (Fsp3) is 0.385. The van der Waals surface area contributed by atoms with Crippen LogP contribution in [0.2, 0.25) is 0 Å². The molecule has 0 N–H and O–H groups in total. The van der Waals surface area contributed by atoms with E-state index in [2.05, 4.69) is 0 Å². The molecule has 1 atom stereocenters. The van der Waals surface area contributed by atoms with E-state index >= 15 is 0 Å². The maximum atomic E-state index is 13.0. The first kappa shape index (κ1) is 15.3. The Bertz CT molecular complexity index is 555. The summed E-state index contributed by atoms with van der Waals surface area (Å²) >= 11 is 0. The Morgan fingerprint density at radius 1 is 1.11 bits per heavy atom. The van der Waals surface area contributed by atoms with Crippen LogP contribution >= 0.6 is 10.5 Å².